The summed E-state index contributed by atoms with van der Waals surface area (Å²) in [6, 6.07) is 2.24. The van der Waals surface area contributed by atoms with Crippen molar-refractivity contribution < 1.29 is 38.1 Å². The van der Waals surface area contributed by atoms with E-state index in [0.717, 1.165) is 25.0 Å². The predicted molar refractivity (Wildman–Crippen MR) is 190 cm³/mol. The van der Waals surface area contributed by atoms with Crippen molar-refractivity contribution in [1.29, 1.82) is 0 Å². The van der Waals surface area contributed by atoms with Gasteiger partial charge in [0.25, 0.3) is 0 Å². The van der Waals surface area contributed by atoms with Crippen molar-refractivity contribution in [1.82, 2.24) is 0 Å². The average Bonchev–Trinajstić information content (AvgIpc) is 2.97. The van der Waals surface area contributed by atoms with Gasteiger partial charge in [-0.05, 0) is 60.5 Å². The fourth-order valence-corrected chi connectivity index (χ4v) is 5.55. The van der Waals surface area contributed by atoms with E-state index in [2.05, 4.69) is 55.4 Å². The standard InChI is InChI=1S/C34H40Cl6O8/c1-17(33(3,4)5)11-9-13-45-29(41)23-25(39)19(35)15-21(37)27(23)47-31(43)32(44)48-28-22(38)16-20(36)26(40)24(28)30(42)46-14-10-12-18(2)34(6,7)8/h15-18H,9-14H2,1-8H3. The molecule has 8 nitrogen and oxygen atoms in total. The summed E-state index contributed by atoms with van der Waals surface area (Å²) in [4.78, 5) is 52.1. The molecule has 0 saturated carbocycles. The Morgan fingerprint density at radius 2 is 0.896 bits per heavy atom. The van der Waals surface area contributed by atoms with E-state index in [0.29, 0.717) is 24.7 Å². The van der Waals surface area contributed by atoms with Crippen LogP contribution in [0.25, 0.3) is 0 Å². The number of hydrogen-bond acceptors (Lipinski definition) is 8. The molecule has 0 heterocycles. The molecule has 0 N–H and O–H groups in total. The van der Waals surface area contributed by atoms with Crippen LogP contribution in [0.3, 0.4) is 0 Å². The lowest BCUT2D eigenvalue weighted by Crippen LogP contribution is -2.27. The van der Waals surface area contributed by atoms with Gasteiger partial charge in [-0.3, -0.25) is 0 Å². The number of esters is 4. The van der Waals surface area contributed by atoms with Gasteiger partial charge in [0.05, 0.1) is 43.3 Å². The van der Waals surface area contributed by atoms with Crippen LogP contribution < -0.4 is 9.47 Å². The molecule has 2 rings (SSSR count). The van der Waals surface area contributed by atoms with Crippen molar-refractivity contribution in [3.05, 3.63) is 53.4 Å². The molecule has 2 aromatic rings. The highest BCUT2D eigenvalue weighted by Gasteiger charge is 2.32. The molecule has 0 aromatic heterocycles. The minimum Gasteiger partial charge on any atom is -0.462 e. The Hall–Kier alpha value is -1.94. The molecule has 0 spiro atoms. The van der Waals surface area contributed by atoms with Crippen LogP contribution in [-0.4, -0.2) is 37.1 Å². The van der Waals surface area contributed by atoms with E-state index in [1.807, 2.05) is 0 Å². The largest absolute Gasteiger partial charge is 0.462 e. The summed E-state index contributed by atoms with van der Waals surface area (Å²) in [5.74, 6) is -5.78. The van der Waals surface area contributed by atoms with Gasteiger partial charge in [0.15, 0.2) is 11.5 Å². The topological polar surface area (TPSA) is 105 Å². The van der Waals surface area contributed by atoms with E-state index in [9.17, 15) is 19.2 Å². The summed E-state index contributed by atoms with van der Waals surface area (Å²) in [6.07, 6.45) is 2.64. The van der Waals surface area contributed by atoms with Crippen molar-refractivity contribution >= 4 is 93.5 Å². The summed E-state index contributed by atoms with van der Waals surface area (Å²) in [5, 5.41) is -1.54. The van der Waals surface area contributed by atoms with E-state index in [1.54, 1.807) is 0 Å². The fourth-order valence-electron chi connectivity index (χ4n) is 4.11. The zero-order chi connectivity index (χ0) is 36.7. The third-order valence-electron chi connectivity index (χ3n) is 8.20. The summed E-state index contributed by atoms with van der Waals surface area (Å²) in [5.41, 5.74) is -0.817. The van der Waals surface area contributed by atoms with Crippen LogP contribution in [0.15, 0.2) is 12.1 Å². The monoisotopic (exact) mass is 786 g/mol. The molecule has 0 saturated heterocycles. The van der Waals surface area contributed by atoms with E-state index in [4.69, 9.17) is 88.6 Å². The van der Waals surface area contributed by atoms with Crippen molar-refractivity contribution in [2.75, 3.05) is 13.2 Å². The van der Waals surface area contributed by atoms with Crippen molar-refractivity contribution in [3.63, 3.8) is 0 Å². The molecule has 0 fully saturated rings. The number of carbonyl (C=O) groups is 4. The lowest BCUT2D eigenvalue weighted by Gasteiger charge is -2.27. The van der Waals surface area contributed by atoms with Gasteiger partial charge in [0.1, 0.15) is 11.1 Å². The summed E-state index contributed by atoms with van der Waals surface area (Å²) in [6.45, 7) is 16.9. The molecule has 2 atom stereocenters. The van der Waals surface area contributed by atoms with Gasteiger partial charge in [-0.2, -0.15) is 0 Å². The minimum atomic E-state index is -1.65. The number of hydrogen-bond donors (Lipinski definition) is 0. The van der Waals surface area contributed by atoms with Gasteiger partial charge >= 0.3 is 23.9 Å². The SMILES string of the molecule is CC(CCCOC(=O)c1c(Cl)c(Cl)cc(Cl)c1OC(=O)C(=O)Oc1c(Cl)cc(Cl)c(Cl)c1C(=O)OCCCC(C)C(C)(C)C)C(C)(C)C. The first-order valence-electron chi connectivity index (χ1n) is 15.2. The Morgan fingerprint density at radius 3 is 1.19 bits per heavy atom. The molecule has 48 heavy (non-hydrogen) atoms. The second kappa shape index (κ2) is 17.8. The first kappa shape index (κ1) is 42.2. The maximum atomic E-state index is 13.1. The smallest absolute Gasteiger partial charge is 0.423 e. The molecule has 2 aromatic carbocycles. The molecule has 0 aliphatic rings. The first-order valence-corrected chi connectivity index (χ1v) is 17.5. The van der Waals surface area contributed by atoms with Crippen molar-refractivity contribution in [3.8, 4) is 11.5 Å². The average molecular weight is 789 g/mol. The predicted octanol–water partition coefficient (Wildman–Crippen LogP) is 11.4. The molecule has 0 aliphatic heterocycles. The Balaban J connectivity index is 2.26. The van der Waals surface area contributed by atoms with Gasteiger partial charge in [-0.25, -0.2) is 19.2 Å². The van der Waals surface area contributed by atoms with Gasteiger partial charge in [0, 0.05) is 0 Å². The second-order valence-electron chi connectivity index (χ2n) is 13.6. The lowest BCUT2D eigenvalue weighted by atomic mass is 9.79. The minimum absolute atomic E-state index is 0.0272. The van der Waals surface area contributed by atoms with Crippen LogP contribution >= 0.6 is 69.6 Å². The summed E-state index contributed by atoms with van der Waals surface area (Å²) >= 11 is 37.3. The van der Waals surface area contributed by atoms with Crippen LogP contribution in [0.4, 0.5) is 0 Å². The maximum Gasteiger partial charge on any atom is 0.423 e. The number of halogens is 6. The van der Waals surface area contributed by atoms with E-state index < -0.39 is 46.5 Å². The van der Waals surface area contributed by atoms with Gasteiger partial charge in [0.2, 0.25) is 0 Å². The van der Waals surface area contributed by atoms with Crippen molar-refractivity contribution in [2.45, 2.75) is 81.1 Å². The Kier molecular flexibility index (Phi) is 15.7. The quantitative estimate of drug-likeness (QED) is 0.0688. The summed E-state index contributed by atoms with van der Waals surface area (Å²) < 4.78 is 21.1. The number of carbonyl (C=O) groups excluding carboxylic acids is 4. The fraction of sp³-hybridized carbons (Fsp3) is 0.529. The highest BCUT2D eigenvalue weighted by Crippen LogP contribution is 2.42. The zero-order valence-corrected chi connectivity index (χ0v) is 32.6. The van der Waals surface area contributed by atoms with E-state index >= 15 is 0 Å². The molecule has 14 heteroatoms. The maximum absolute atomic E-state index is 13.1. The lowest BCUT2D eigenvalue weighted by molar-refractivity contribution is -0.156. The zero-order valence-electron chi connectivity index (χ0n) is 28.1. The third kappa shape index (κ3) is 11.6. The molecule has 0 bridgehead atoms. The molecule has 0 amide bonds. The van der Waals surface area contributed by atoms with Crippen LogP contribution in [-0.2, 0) is 19.1 Å². The van der Waals surface area contributed by atoms with E-state index in [-0.39, 0.29) is 54.2 Å². The molecule has 0 aliphatic carbocycles. The highest BCUT2D eigenvalue weighted by atomic mass is 35.5. The van der Waals surface area contributed by atoms with Crippen LogP contribution in [0.2, 0.25) is 30.1 Å². The van der Waals surface area contributed by atoms with E-state index in [1.165, 1.54) is 0 Å². The Morgan fingerprint density at radius 1 is 0.583 bits per heavy atom. The molecular weight excluding hydrogens is 749 g/mol. The van der Waals surface area contributed by atoms with Gasteiger partial charge in [-0.1, -0.05) is 125 Å². The first-order chi connectivity index (χ1) is 22.1. The Labute approximate surface area is 311 Å². The normalized spacial score (nSPS) is 13.0. The van der Waals surface area contributed by atoms with Crippen LogP contribution in [0.5, 0.6) is 11.5 Å². The molecule has 266 valence electrons. The number of ether oxygens (including phenoxy) is 4. The summed E-state index contributed by atoms with van der Waals surface area (Å²) in [7, 11) is 0. The highest BCUT2D eigenvalue weighted by molar-refractivity contribution is 6.47. The van der Waals surface area contributed by atoms with Gasteiger partial charge < -0.3 is 18.9 Å². The number of rotatable bonds is 12. The van der Waals surface area contributed by atoms with Crippen LogP contribution in [0.1, 0.15) is 102 Å². The van der Waals surface area contributed by atoms with Crippen molar-refractivity contribution in [2.24, 2.45) is 22.7 Å². The Bertz CT molecular complexity index is 1410. The second-order valence-corrected chi connectivity index (χ2v) is 16.0. The third-order valence-corrected chi connectivity index (χ3v) is 10.3. The van der Waals surface area contributed by atoms with Crippen LogP contribution in [0, 0.1) is 22.7 Å². The molecule has 2 unspecified atom stereocenters. The molecular formula is C34H40Cl6O8. The van der Waals surface area contributed by atoms with Gasteiger partial charge in [-0.15, -0.1) is 0 Å². The number of benzene rings is 2. The molecule has 0 radical (unpaired) electrons.